The van der Waals surface area contributed by atoms with Crippen LogP contribution in [0.5, 0.6) is 11.5 Å². The number of likely N-dealkylation sites (tertiary alicyclic amines) is 1. The molecular formula is C31H43ClN4O3. The molecule has 4 rings (SSSR count). The maximum absolute atomic E-state index is 9.76. The SMILES string of the molecule is Cc1c(OCCCNC(CO)Cc2ncn(C)c2Cl)cccc1-c1cccc(OCCCN2CCCC2)c1C. The minimum absolute atomic E-state index is 0.0233. The molecule has 1 fully saturated rings. The average Bonchev–Trinajstić information content (AvgIpc) is 3.57. The van der Waals surface area contributed by atoms with Gasteiger partial charge in [-0.2, -0.15) is 0 Å². The Morgan fingerprint density at radius 1 is 0.974 bits per heavy atom. The molecule has 1 unspecified atom stereocenters. The molecule has 1 aliphatic heterocycles. The second kappa shape index (κ2) is 14.7. The van der Waals surface area contributed by atoms with Gasteiger partial charge in [-0.05, 0) is 93.6 Å². The number of aliphatic hydroxyl groups is 1. The molecule has 0 aliphatic carbocycles. The molecule has 2 heterocycles. The number of nitrogens with zero attached hydrogens (tertiary/aromatic N) is 3. The molecule has 3 aromatic rings. The predicted octanol–water partition coefficient (Wildman–Crippen LogP) is 5.18. The minimum Gasteiger partial charge on any atom is -0.493 e. The van der Waals surface area contributed by atoms with Gasteiger partial charge in [0.15, 0.2) is 0 Å². The lowest BCUT2D eigenvalue weighted by atomic mass is 9.95. The second-order valence-corrected chi connectivity index (χ2v) is 10.8. The smallest absolute Gasteiger partial charge is 0.131 e. The van der Waals surface area contributed by atoms with Crippen LogP contribution in [0.3, 0.4) is 0 Å². The third kappa shape index (κ3) is 7.98. The summed E-state index contributed by atoms with van der Waals surface area (Å²) in [5.74, 6) is 1.85. The lowest BCUT2D eigenvalue weighted by Crippen LogP contribution is -2.35. The van der Waals surface area contributed by atoms with E-state index >= 15 is 0 Å². The molecule has 0 spiro atoms. The minimum atomic E-state index is -0.0971. The Bertz CT molecular complexity index is 1190. The quantitative estimate of drug-likeness (QED) is 0.252. The van der Waals surface area contributed by atoms with Crippen LogP contribution >= 0.6 is 11.6 Å². The van der Waals surface area contributed by atoms with Crippen molar-refractivity contribution in [3.8, 4) is 22.6 Å². The number of aryl methyl sites for hydroxylation is 1. The van der Waals surface area contributed by atoms with E-state index < -0.39 is 0 Å². The number of aliphatic hydroxyl groups excluding tert-OH is 1. The number of rotatable bonds is 15. The molecule has 0 saturated carbocycles. The molecule has 0 amide bonds. The monoisotopic (exact) mass is 554 g/mol. The van der Waals surface area contributed by atoms with Crippen molar-refractivity contribution in [2.45, 2.75) is 52.0 Å². The highest BCUT2D eigenvalue weighted by atomic mass is 35.5. The molecule has 1 aromatic heterocycles. The number of hydrogen-bond donors (Lipinski definition) is 2. The van der Waals surface area contributed by atoms with E-state index in [1.54, 1.807) is 10.9 Å². The number of benzene rings is 2. The van der Waals surface area contributed by atoms with E-state index in [-0.39, 0.29) is 12.6 Å². The van der Waals surface area contributed by atoms with E-state index in [0.29, 0.717) is 18.2 Å². The molecule has 8 heteroatoms. The Morgan fingerprint density at radius 3 is 2.15 bits per heavy atom. The van der Waals surface area contributed by atoms with Gasteiger partial charge >= 0.3 is 0 Å². The largest absolute Gasteiger partial charge is 0.493 e. The maximum atomic E-state index is 9.76. The van der Waals surface area contributed by atoms with Crippen molar-refractivity contribution in [3.05, 3.63) is 64.7 Å². The van der Waals surface area contributed by atoms with E-state index in [4.69, 9.17) is 21.1 Å². The van der Waals surface area contributed by atoms with Gasteiger partial charge in [0.25, 0.3) is 0 Å². The van der Waals surface area contributed by atoms with E-state index in [0.717, 1.165) is 60.9 Å². The molecule has 212 valence electrons. The normalized spacial score (nSPS) is 14.6. The van der Waals surface area contributed by atoms with Crippen molar-refractivity contribution >= 4 is 11.6 Å². The van der Waals surface area contributed by atoms with Crippen LogP contribution in [0.1, 0.15) is 42.5 Å². The van der Waals surface area contributed by atoms with Crippen molar-refractivity contribution in [2.75, 3.05) is 46.0 Å². The lowest BCUT2D eigenvalue weighted by Gasteiger charge is -2.18. The van der Waals surface area contributed by atoms with Crippen LogP contribution < -0.4 is 14.8 Å². The van der Waals surface area contributed by atoms with Crippen LogP contribution in [-0.4, -0.2) is 71.6 Å². The summed E-state index contributed by atoms with van der Waals surface area (Å²) in [6, 6.07) is 12.4. The van der Waals surface area contributed by atoms with Crippen molar-refractivity contribution in [1.29, 1.82) is 0 Å². The Kier molecular flexibility index (Phi) is 11.1. The second-order valence-electron chi connectivity index (χ2n) is 10.4. The highest BCUT2D eigenvalue weighted by Crippen LogP contribution is 2.35. The first-order chi connectivity index (χ1) is 19.0. The fourth-order valence-electron chi connectivity index (χ4n) is 5.20. The van der Waals surface area contributed by atoms with Crippen molar-refractivity contribution < 1.29 is 14.6 Å². The molecule has 1 atom stereocenters. The predicted molar refractivity (Wildman–Crippen MR) is 158 cm³/mol. The third-order valence-electron chi connectivity index (χ3n) is 7.54. The first-order valence-electron chi connectivity index (χ1n) is 14.2. The highest BCUT2D eigenvalue weighted by molar-refractivity contribution is 6.30. The van der Waals surface area contributed by atoms with E-state index in [1.165, 1.54) is 37.1 Å². The van der Waals surface area contributed by atoms with Gasteiger partial charge in [0.05, 0.1) is 31.8 Å². The van der Waals surface area contributed by atoms with Gasteiger partial charge in [0, 0.05) is 26.1 Å². The summed E-state index contributed by atoms with van der Waals surface area (Å²) >= 11 is 6.26. The third-order valence-corrected chi connectivity index (χ3v) is 8.02. The van der Waals surface area contributed by atoms with Crippen LogP contribution in [0.4, 0.5) is 0 Å². The number of ether oxygens (including phenoxy) is 2. The summed E-state index contributed by atoms with van der Waals surface area (Å²) in [5.41, 5.74) is 5.42. The lowest BCUT2D eigenvalue weighted by molar-refractivity contribution is 0.235. The van der Waals surface area contributed by atoms with Gasteiger partial charge in [0.1, 0.15) is 16.7 Å². The molecular weight excluding hydrogens is 512 g/mol. The zero-order chi connectivity index (χ0) is 27.6. The van der Waals surface area contributed by atoms with E-state index in [9.17, 15) is 5.11 Å². The number of nitrogens with one attached hydrogen (secondary N) is 1. The highest BCUT2D eigenvalue weighted by Gasteiger charge is 2.15. The van der Waals surface area contributed by atoms with Gasteiger partial charge in [-0.15, -0.1) is 0 Å². The molecule has 7 nitrogen and oxygen atoms in total. The number of hydrogen-bond acceptors (Lipinski definition) is 6. The summed E-state index contributed by atoms with van der Waals surface area (Å²) in [4.78, 5) is 6.85. The molecule has 2 N–H and O–H groups in total. The topological polar surface area (TPSA) is 71.8 Å². The number of aromatic nitrogens is 2. The number of imidazole rings is 1. The van der Waals surface area contributed by atoms with E-state index in [1.807, 2.05) is 13.1 Å². The summed E-state index contributed by atoms with van der Waals surface area (Å²) < 4.78 is 14.2. The van der Waals surface area contributed by atoms with Crippen LogP contribution in [-0.2, 0) is 13.5 Å². The molecule has 1 saturated heterocycles. The van der Waals surface area contributed by atoms with Gasteiger partial charge in [-0.25, -0.2) is 4.98 Å². The van der Waals surface area contributed by atoms with Crippen LogP contribution in [0.15, 0.2) is 42.7 Å². The summed E-state index contributed by atoms with van der Waals surface area (Å²) in [6.45, 7) is 9.90. The summed E-state index contributed by atoms with van der Waals surface area (Å²) in [7, 11) is 1.86. The zero-order valence-electron chi connectivity index (χ0n) is 23.6. The van der Waals surface area contributed by atoms with Gasteiger partial charge in [-0.1, -0.05) is 35.9 Å². The molecule has 0 radical (unpaired) electrons. The van der Waals surface area contributed by atoms with Crippen LogP contribution in [0, 0.1) is 13.8 Å². The van der Waals surface area contributed by atoms with Crippen LogP contribution in [0.2, 0.25) is 5.15 Å². The molecule has 1 aliphatic rings. The first kappa shape index (κ1) is 29.4. The molecule has 0 bridgehead atoms. The standard InChI is InChI=1S/C31H43ClN4O3/c1-23-26(27-11-7-13-30(24(27)2)39-19-9-17-36-15-4-5-16-36)10-6-12-29(23)38-18-8-14-33-25(21-37)20-28-31(32)35(3)22-34-28/h6-7,10-13,22,25,33,37H,4-5,8-9,14-21H2,1-3H3. The summed E-state index contributed by atoms with van der Waals surface area (Å²) in [6.07, 6.45) is 6.80. The van der Waals surface area contributed by atoms with Crippen LogP contribution in [0.25, 0.3) is 11.1 Å². The van der Waals surface area contributed by atoms with Gasteiger partial charge in [0.2, 0.25) is 0 Å². The van der Waals surface area contributed by atoms with E-state index in [2.05, 4.69) is 59.4 Å². The Labute approximate surface area is 238 Å². The average molecular weight is 555 g/mol. The fraction of sp³-hybridized carbons (Fsp3) is 0.516. The Balaban J connectivity index is 1.27. The first-order valence-corrected chi connectivity index (χ1v) is 14.5. The van der Waals surface area contributed by atoms with Gasteiger partial charge in [-0.3, -0.25) is 0 Å². The molecule has 39 heavy (non-hydrogen) atoms. The fourth-order valence-corrected chi connectivity index (χ4v) is 5.37. The number of halogens is 1. The zero-order valence-corrected chi connectivity index (χ0v) is 24.3. The Hall–Kier alpha value is -2.58. The van der Waals surface area contributed by atoms with Crippen molar-refractivity contribution in [3.63, 3.8) is 0 Å². The van der Waals surface area contributed by atoms with Gasteiger partial charge < -0.3 is 29.4 Å². The van der Waals surface area contributed by atoms with Crippen molar-refractivity contribution in [2.24, 2.45) is 7.05 Å². The van der Waals surface area contributed by atoms with Crippen molar-refractivity contribution in [1.82, 2.24) is 19.8 Å². The summed E-state index contributed by atoms with van der Waals surface area (Å²) in [5, 5.41) is 13.8. The Morgan fingerprint density at radius 2 is 1.59 bits per heavy atom. The molecule has 2 aromatic carbocycles. The maximum Gasteiger partial charge on any atom is 0.131 e.